The van der Waals surface area contributed by atoms with E-state index in [-0.39, 0.29) is 18.3 Å². The van der Waals surface area contributed by atoms with Gasteiger partial charge in [-0.1, -0.05) is 0 Å². The largest absolute Gasteiger partial charge is 0.481 e. The molecule has 0 aromatic carbocycles. The van der Waals surface area contributed by atoms with E-state index >= 15 is 0 Å². The summed E-state index contributed by atoms with van der Waals surface area (Å²) in [6, 6.07) is 0. The number of hydrogen-bond acceptors (Lipinski definition) is 6. The molecule has 2 aromatic heterocycles. The third-order valence-electron chi connectivity index (χ3n) is 3.61. The molecule has 20 heavy (non-hydrogen) atoms. The van der Waals surface area contributed by atoms with Crippen LogP contribution in [0.5, 0.6) is 0 Å². The molecule has 0 spiro atoms. The van der Waals surface area contributed by atoms with Crippen molar-refractivity contribution < 1.29 is 9.90 Å². The second-order valence-electron chi connectivity index (χ2n) is 4.98. The molecule has 106 valence electrons. The Morgan fingerprint density at radius 1 is 1.55 bits per heavy atom. The highest BCUT2D eigenvalue weighted by Crippen LogP contribution is 2.34. The predicted octanol–water partition coefficient (Wildman–Crippen LogP) is 0.951. The number of aromatic nitrogens is 4. The highest BCUT2D eigenvalue weighted by atomic mass is 32.1. The first-order valence-corrected chi connectivity index (χ1v) is 7.28. The summed E-state index contributed by atoms with van der Waals surface area (Å²) in [5.41, 5.74) is 0.845. The number of carboxylic acids is 1. The van der Waals surface area contributed by atoms with E-state index in [9.17, 15) is 4.79 Å². The minimum absolute atomic E-state index is 0.0672. The molecular formula is C12H15N5O2S. The lowest BCUT2D eigenvalue weighted by atomic mass is 9.91. The van der Waals surface area contributed by atoms with Gasteiger partial charge in [-0.05, 0) is 5.92 Å². The van der Waals surface area contributed by atoms with Gasteiger partial charge in [0.05, 0.1) is 24.9 Å². The van der Waals surface area contributed by atoms with Gasteiger partial charge in [0.15, 0.2) is 0 Å². The summed E-state index contributed by atoms with van der Waals surface area (Å²) >= 11 is 1.62. The first-order chi connectivity index (χ1) is 9.72. The van der Waals surface area contributed by atoms with E-state index in [1.165, 1.54) is 0 Å². The summed E-state index contributed by atoms with van der Waals surface area (Å²) in [7, 11) is 0. The lowest BCUT2D eigenvalue weighted by Gasteiger charge is -2.13. The zero-order chi connectivity index (χ0) is 13.9. The Hall–Kier alpha value is -1.80. The fourth-order valence-electron chi connectivity index (χ4n) is 2.77. The number of thiazole rings is 1. The summed E-state index contributed by atoms with van der Waals surface area (Å²) in [5.74, 6) is -0.582. The van der Waals surface area contributed by atoms with Gasteiger partial charge in [-0.15, -0.1) is 11.3 Å². The Morgan fingerprint density at radius 3 is 3.10 bits per heavy atom. The monoisotopic (exact) mass is 293 g/mol. The minimum Gasteiger partial charge on any atom is -0.481 e. The Morgan fingerprint density at radius 2 is 2.45 bits per heavy atom. The predicted molar refractivity (Wildman–Crippen MR) is 72.3 cm³/mol. The van der Waals surface area contributed by atoms with E-state index in [4.69, 9.17) is 5.11 Å². The van der Waals surface area contributed by atoms with Crippen LogP contribution in [0, 0.1) is 5.92 Å². The van der Waals surface area contributed by atoms with E-state index in [0.29, 0.717) is 0 Å². The van der Waals surface area contributed by atoms with Crippen LogP contribution in [-0.2, 0) is 11.3 Å². The Bertz CT molecular complexity index is 556. The van der Waals surface area contributed by atoms with Crippen LogP contribution in [0.2, 0.25) is 0 Å². The molecule has 1 aliphatic heterocycles. The lowest BCUT2D eigenvalue weighted by molar-refractivity contribution is -0.138. The van der Waals surface area contributed by atoms with E-state index in [1.54, 1.807) is 23.7 Å². The summed E-state index contributed by atoms with van der Waals surface area (Å²) in [4.78, 5) is 17.5. The zero-order valence-corrected chi connectivity index (χ0v) is 11.6. The van der Waals surface area contributed by atoms with Crippen molar-refractivity contribution in [1.29, 1.82) is 0 Å². The number of likely N-dealkylation sites (tertiary alicyclic amines) is 1. The van der Waals surface area contributed by atoms with E-state index in [1.807, 2.05) is 5.38 Å². The van der Waals surface area contributed by atoms with E-state index in [2.05, 4.69) is 25.3 Å². The topological polar surface area (TPSA) is 95.0 Å². The second kappa shape index (κ2) is 5.68. The van der Waals surface area contributed by atoms with Crippen LogP contribution in [0.4, 0.5) is 0 Å². The molecule has 0 saturated carbocycles. The molecule has 8 heteroatoms. The van der Waals surface area contributed by atoms with Gasteiger partial charge in [-0.25, -0.2) is 4.98 Å². The normalized spacial score (nSPS) is 23.2. The quantitative estimate of drug-likeness (QED) is 0.852. The lowest BCUT2D eigenvalue weighted by Crippen LogP contribution is -2.20. The molecule has 2 aromatic rings. The van der Waals surface area contributed by atoms with E-state index < -0.39 is 5.97 Å². The van der Waals surface area contributed by atoms with Crippen molar-refractivity contribution in [3.63, 3.8) is 0 Å². The zero-order valence-electron chi connectivity index (χ0n) is 10.8. The number of rotatable bonds is 5. The molecule has 0 amide bonds. The van der Waals surface area contributed by atoms with Crippen LogP contribution in [0.15, 0.2) is 17.8 Å². The Kier molecular flexibility index (Phi) is 3.75. The third kappa shape index (κ3) is 2.86. The molecule has 3 heterocycles. The molecule has 1 saturated heterocycles. The van der Waals surface area contributed by atoms with E-state index in [0.717, 1.165) is 30.3 Å². The number of aliphatic carboxylic acids is 1. The van der Waals surface area contributed by atoms with Gasteiger partial charge < -0.3 is 5.11 Å². The highest BCUT2D eigenvalue weighted by molar-refractivity contribution is 7.09. The molecule has 3 rings (SSSR count). The fourth-order valence-corrected chi connectivity index (χ4v) is 3.42. The molecule has 2 atom stereocenters. The van der Waals surface area contributed by atoms with Gasteiger partial charge in [0.1, 0.15) is 5.01 Å². The number of aromatic amines is 1. The maximum absolute atomic E-state index is 11.0. The van der Waals surface area contributed by atoms with Crippen LogP contribution < -0.4 is 0 Å². The highest BCUT2D eigenvalue weighted by Gasteiger charge is 2.36. The Balaban J connectivity index is 1.72. The summed E-state index contributed by atoms with van der Waals surface area (Å²) < 4.78 is 0. The minimum atomic E-state index is -0.764. The average Bonchev–Trinajstić information content (AvgIpc) is 3.10. The van der Waals surface area contributed by atoms with Gasteiger partial charge in [0.2, 0.25) is 0 Å². The van der Waals surface area contributed by atoms with Gasteiger partial charge in [0.25, 0.3) is 0 Å². The number of nitrogens with zero attached hydrogens (tertiary/aromatic N) is 4. The Labute approximate surface area is 119 Å². The average molecular weight is 293 g/mol. The first-order valence-electron chi connectivity index (χ1n) is 6.40. The molecule has 0 unspecified atom stereocenters. The van der Waals surface area contributed by atoms with Crippen LogP contribution in [0.25, 0.3) is 0 Å². The van der Waals surface area contributed by atoms with Crippen LogP contribution in [0.3, 0.4) is 0 Å². The van der Waals surface area contributed by atoms with Crippen molar-refractivity contribution in [2.75, 3.05) is 13.1 Å². The van der Waals surface area contributed by atoms with Crippen LogP contribution >= 0.6 is 11.3 Å². The number of H-pyrrole nitrogens is 1. The van der Waals surface area contributed by atoms with Crippen molar-refractivity contribution in [3.8, 4) is 0 Å². The maximum Gasteiger partial charge on any atom is 0.303 e. The summed E-state index contributed by atoms with van der Waals surface area (Å²) in [6.07, 6.45) is 3.64. The molecule has 2 N–H and O–H groups in total. The SMILES string of the molecule is O=C(O)C[C@@H]1CN(Cc2nccs2)C[C@@H]1c1cn[nH]n1. The molecule has 1 fully saturated rings. The molecule has 0 aliphatic carbocycles. The second-order valence-corrected chi connectivity index (χ2v) is 5.96. The fraction of sp³-hybridized carbons (Fsp3) is 0.500. The van der Waals surface area contributed by atoms with Crippen molar-refractivity contribution in [3.05, 3.63) is 28.5 Å². The molecule has 0 bridgehead atoms. The molecular weight excluding hydrogens is 278 g/mol. The molecule has 0 radical (unpaired) electrons. The molecule has 1 aliphatic rings. The van der Waals surface area contributed by atoms with Gasteiger partial charge in [0, 0.05) is 30.6 Å². The number of nitrogens with one attached hydrogen (secondary N) is 1. The maximum atomic E-state index is 11.0. The number of carbonyl (C=O) groups is 1. The summed E-state index contributed by atoms with van der Waals surface area (Å²) in [5, 5.41) is 22.6. The van der Waals surface area contributed by atoms with Crippen LogP contribution in [-0.4, -0.2) is 49.5 Å². The van der Waals surface area contributed by atoms with Crippen molar-refractivity contribution in [2.24, 2.45) is 5.92 Å². The van der Waals surface area contributed by atoms with Gasteiger partial charge in [-0.2, -0.15) is 15.4 Å². The van der Waals surface area contributed by atoms with Gasteiger partial charge >= 0.3 is 5.97 Å². The molecule has 7 nitrogen and oxygen atoms in total. The van der Waals surface area contributed by atoms with Gasteiger partial charge in [-0.3, -0.25) is 9.69 Å². The number of carboxylic acid groups (broad SMARTS) is 1. The standard InChI is InChI=1S/C12H15N5O2S/c18-12(19)3-8-5-17(7-11-13-1-2-20-11)6-9(8)10-4-14-16-15-10/h1-2,4,8-9H,3,5-7H2,(H,18,19)(H,14,15,16)/t8-,9+/m1/s1. The van der Waals surface area contributed by atoms with Crippen molar-refractivity contribution in [1.82, 2.24) is 25.3 Å². The van der Waals surface area contributed by atoms with Crippen molar-refractivity contribution in [2.45, 2.75) is 18.9 Å². The smallest absolute Gasteiger partial charge is 0.303 e. The summed E-state index contributed by atoms with van der Waals surface area (Å²) in [6.45, 7) is 2.32. The third-order valence-corrected chi connectivity index (χ3v) is 4.37. The van der Waals surface area contributed by atoms with Crippen LogP contribution in [0.1, 0.15) is 23.0 Å². The number of hydrogen-bond donors (Lipinski definition) is 2. The van der Waals surface area contributed by atoms with Crippen molar-refractivity contribution >= 4 is 17.3 Å². The first kappa shape index (κ1) is 13.2.